The number of piperidine rings is 1. The van der Waals surface area contributed by atoms with Gasteiger partial charge >= 0.3 is 5.97 Å². The maximum Gasteiger partial charge on any atom is 0.305 e. The third-order valence-corrected chi connectivity index (χ3v) is 3.90. The number of hydrogen-bond donors (Lipinski definition) is 1. The van der Waals surface area contributed by atoms with E-state index in [4.69, 9.17) is 14.2 Å². The largest absolute Gasteiger partial charge is 0.463 e. The molecule has 2 saturated heterocycles. The Morgan fingerprint density at radius 2 is 1.86 bits per heavy atom. The standard InChI is InChI=1S/C16H29NO4/c1-6-7-13(18)19-8-12-9-20-16(21-12)10-14(2,3)17-15(4,5)11-16/h12,17H,6-11H2,1-5H3. The van der Waals surface area contributed by atoms with Gasteiger partial charge in [0.25, 0.3) is 0 Å². The Hall–Kier alpha value is -0.650. The smallest absolute Gasteiger partial charge is 0.305 e. The lowest BCUT2D eigenvalue weighted by Crippen LogP contribution is -2.63. The van der Waals surface area contributed by atoms with E-state index in [0.29, 0.717) is 13.0 Å². The van der Waals surface area contributed by atoms with E-state index in [-0.39, 0.29) is 29.8 Å². The van der Waals surface area contributed by atoms with E-state index in [9.17, 15) is 4.79 Å². The minimum absolute atomic E-state index is 0.0461. The van der Waals surface area contributed by atoms with Crippen molar-refractivity contribution in [2.24, 2.45) is 0 Å². The van der Waals surface area contributed by atoms with E-state index >= 15 is 0 Å². The van der Waals surface area contributed by atoms with Crippen LogP contribution < -0.4 is 5.32 Å². The van der Waals surface area contributed by atoms with Crippen molar-refractivity contribution >= 4 is 5.97 Å². The number of carbonyl (C=O) groups is 1. The molecule has 5 heteroatoms. The first-order valence-electron chi connectivity index (χ1n) is 7.92. The summed E-state index contributed by atoms with van der Waals surface area (Å²) >= 11 is 0. The molecule has 0 amide bonds. The molecule has 122 valence electrons. The highest BCUT2D eigenvalue weighted by molar-refractivity contribution is 5.69. The van der Waals surface area contributed by atoms with Crippen molar-refractivity contribution in [3.05, 3.63) is 0 Å². The molecule has 2 fully saturated rings. The van der Waals surface area contributed by atoms with Gasteiger partial charge < -0.3 is 19.5 Å². The minimum Gasteiger partial charge on any atom is -0.463 e. The van der Waals surface area contributed by atoms with E-state index in [1.165, 1.54) is 0 Å². The molecule has 0 aromatic heterocycles. The molecule has 1 atom stereocenters. The maximum absolute atomic E-state index is 11.4. The van der Waals surface area contributed by atoms with Crippen molar-refractivity contribution in [2.45, 2.75) is 83.3 Å². The average Bonchev–Trinajstić information content (AvgIpc) is 2.64. The number of esters is 1. The fourth-order valence-corrected chi connectivity index (χ4v) is 3.76. The first-order chi connectivity index (χ1) is 9.65. The Morgan fingerprint density at radius 3 is 2.43 bits per heavy atom. The Labute approximate surface area is 127 Å². The highest BCUT2D eigenvalue weighted by atomic mass is 16.8. The van der Waals surface area contributed by atoms with E-state index in [0.717, 1.165) is 19.3 Å². The molecule has 0 radical (unpaired) electrons. The van der Waals surface area contributed by atoms with E-state index in [2.05, 4.69) is 33.0 Å². The Kier molecular flexibility index (Phi) is 4.66. The third-order valence-electron chi connectivity index (χ3n) is 3.90. The Morgan fingerprint density at radius 1 is 1.24 bits per heavy atom. The molecule has 0 aromatic carbocycles. The van der Waals surface area contributed by atoms with Gasteiger partial charge in [-0.05, 0) is 34.1 Å². The van der Waals surface area contributed by atoms with Gasteiger partial charge in [-0.15, -0.1) is 0 Å². The van der Waals surface area contributed by atoms with Crippen LogP contribution >= 0.6 is 0 Å². The van der Waals surface area contributed by atoms with Gasteiger partial charge in [-0.25, -0.2) is 0 Å². The summed E-state index contributed by atoms with van der Waals surface area (Å²) in [5, 5.41) is 3.62. The lowest BCUT2D eigenvalue weighted by molar-refractivity contribution is -0.217. The normalized spacial score (nSPS) is 29.5. The van der Waals surface area contributed by atoms with Gasteiger partial charge in [0.15, 0.2) is 5.79 Å². The third kappa shape index (κ3) is 4.41. The number of rotatable bonds is 4. The Balaban J connectivity index is 1.92. The van der Waals surface area contributed by atoms with Crippen LogP contribution in [0.25, 0.3) is 0 Å². The number of hydrogen-bond acceptors (Lipinski definition) is 5. The molecule has 0 bridgehead atoms. The summed E-state index contributed by atoms with van der Waals surface area (Å²) in [7, 11) is 0. The summed E-state index contributed by atoms with van der Waals surface area (Å²) in [5.41, 5.74) is -0.0922. The quantitative estimate of drug-likeness (QED) is 0.808. The first-order valence-corrected chi connectivity index (χ1v) is 7.92. The fraction of sp³-hybridized carbons (Fsp3) is 0.938. The molecule has 1 unspecified atom stereocenters. The molecule has 5 nitrogen and oxygen atoms in total. The van der Waals surface area contributed by atoms with Crippen molar-refractivity contribution in [3.63, 3.8) is 0 Å². The summed E-state index contributed by atoms with van der Waals surface area (Å²) in [6.45, 7) is 11.4. The maximum atomic E-state index is 11.4. The van der Waals surface area contributed by atoms with Gasteiger partial charge in [0, 0.05) is 30.3 Å². The predicted molar refractivity (Wildman–Crippen MR) is 80.0 cm³/mol. The molecule has 2 aliphatic heterocycles. The van der Waals surface area contributed by atoms with Crippen LogP contribution in [-0.2, 0) is 19.0 Å². The summed E-state index contributed by atoms with van der Waals surface area (Å²) in [5.74, 6) is -0.715. The van der Waals surface area contributed by atoms with Crippen LogP contribution in [0, 0.1) is 0 Å². The highest BCUT2D eigenvalue weighted by Gasteiger charge is 2.52. The van der Waals surface area contributed by atoms with Crippen molar-refractivity contribution < 1.29 is 19.0 Å². The molecule has 1 N–H and O–H groups in total. The molecular formula is C16H29NO4. The second-order valence-corrected chi connectivity index (χ2v) is 7.64. The highest BCUT2D eigenvalue weighted by Crippen LogP contribution is 2.42. The topological polar surface area (TPSA) is 56.8 Å². The van der Waals surface area contributed by atoms with Crippen LogP contribution in [0.15, 0.2) is 0 Å². The molecule has 2 heterocycles. The summed E-state index contributed by atoms with van der Waals surface area (Å²) in [4.78, 5) is 11.4. The van der Waals surface area contributed by atoms with Gasteiger partial charge in [0.1, 0.15) is 12.7 Å². The van der Waals surface area contributed by atoms with Gasteiger partial charge in [-0.2, -0.15) is 0 Å². The predicted octanol–water partition coefficient (Wildman–Crippen LogP) is 2.38. The SMILES string of the molecule is CCCC(=O)OCC1COC2(CC(C)(C)NC(C)(C)C2)O1. The molecule has 0 aliphatic carbocycles. The molecule has 2 rings (SSSR count). The Bertz CT molecular complexity index is 376. The van der Waals surface area contributed by atoms with Crippen LogP contribution in [0.4, 0.5) is 0 Å². The van der Waals surface area contributed by atoms with Gasteiger partial charge in [-0.1, -0.05) is 6.92 Å². The lowest BCUT2D eigenvalue weighted by atomic mass is 9.79. The van der Waals surface area contributed by atoms with E-state index in [1.807, 2.05) is 6.92 Å². The zero-order chi connectivity index (χ0) is 15.7. The van der Waals surface area contributed by atoms with Crippen LogP contribution in [0.2, 0.25) is 0 Å². The number of ether oxygens (including phenoxy) is 3. The molecule has 2 aliphatic rings. The van der Waals surface area contributed by atoms with Crippen LogP contribution in [-0.4, -0.2) is 42.2 Å². The molecule has 21 heavy (non-hydrogen) atoms. The van der Waals surface area contributed by atoms with E-state index in [1.54, 1.807) is 0 Å². The fourth-order valence-electron chi connectivity index (χ4n) is 3.76. The van der Waals surface area contributed by atoms with Crippen LogP contribution in [0.5, 0.6) is 0 Å². The summed E-state index contributed by atoms with van der Waals surface area (Å²) in [6, 6.07) is 0. The number of carbonyl (C=O) groups excluding carboxylic acids is 1. The second kappa shape index (κ2) is 5.86. The monoisotopic (exact) mass is 299 g/mol. The molecular weight excluding hydrogens is 270 g/mol. The summed E-state index contributed by atoms with van der Waals surface area (Å²) in [6.07, 6.45) is 2.70. The zero-order valence-corrected chi connectivity index (χ0v) is 14.0. The minimum atomic E-state index is -0.555. The zero-order valence-electron chi connectivity index (χ0n) is 14.0. The second-order valence-electron chi connectivity index (χ2n) is 7.64. The first kappa shape index (κ1) is 16.7. The lowest BCUT2D eigenvalue weighted by Gasteiger charge is -2.50. The summed E-state index contributed by atoms with van der Waals surface area (Å²) < 4.78 is 17.4. The van der Waals surface area contributed by atoms with Gasteiger partial charge in [0.2, 0.25) is 0 Å². The molecule has 1 spiro atoms. The average molecular weight is 299 g/mol. The molecule has 0 aromatic rings. The molecule has 0 saturated carbocycles. The van der Waals surface area contributed by atoms with Gasteiger partial charge in [-0.3, -0.25) is 4.79 Å². The van der Waals surface area contributed by atoms with Crippen molar-refractivity contribution in [1.82, 2.24) is 5.32 Å². The van der Waals surface area contributed by atoms with Crippen LogP contribution in [0.3, 0.4) is 0 Å². The van der Waals surface area contributed by atoms with Crippen molar-refractivity contribution in [3.8, 4) is 0 Å². The number of nitrogens with one attached hydrogen (secondary N) is 1. The van der Waals surface area contributed by atoms with Crippen molar-refractivity contribution in [1.29, 1.82) is 0 Å². The van der Waals surface area contributed by atoms with Gasteiger partial charge in [0.05, 0.1) is 6.61 Å². The van der Waals surface area contributed by atoms with Crippen molar-refractivity contribution in [2.75, 3.05) is 13.2 Å². The van der Waals surface area contributed by atoms with E-state index < -0.39 is 5.79 Å². The van der Waals surface area contributed by atoms with Crippen LogP contribution in [0.1, 0.15) is 60.3 Å².